The van der Waals surface area contributed by atoms with Crippen molar-refractivity contribution < 1.29 is 32.6 Å². The van der Waals surface area contributed by atoms with Gasteiger partial charge in [0.25, 0.3) is 5.91 Å². The summed E-state index contributed by atoms with van der Waals surface area (Å²) in [5.74, 6) is -1.86. The molecule has 0 bridgehead atoms. The molecule has 218 valence electrons. The fraction of sp³-hybridized carbons (Fsp3) is 0.152. The molecule has 0 unspecified atom stereocenters. The summed E-state index contributed by atoms with van der Waals surface area (Å²) in [4.78, 5) is 24.4. The van der Waals surface area contributed by atoms with E-state index in [9.17, 15) is 27.9 Å². The highest BCUT2D eigenvalue weighted by molar-refractivity contribution is 5.99. The fourth-order valence-electron chi connectivity index (χ4n) is 4.30. The molecular weight excluding hydrogens is 545 g/mol. The maximum absolute atomic E-state index is 12.9. The lowest BCUT2D eigenvalue weighted by Crippen LogP contribution is -2.23. The minimum absolute atomic E-state index is 0.00281. The Balaban J connectivity index is 1.73. The molecule has 0 aliphatic rings. The van der Waals surface area contributed by atoms with Gasteiger partial charge in [0.2, 0.25) is 0 Å². The van der Waals surface area contributed by atoms with Crippen molar-refractivity contribution in [3.63, 3.8) is 0 Å². The largest absolute Gasteiger partial charge is 0.573 e. The van der Waals surface area contributed by atoms with E-state index >= 15 is 0 Å². The van der Waals surface area contributed by atoms with E-state index in [2.05, 4.69) is 40.9 Å². The number of benzene rings is 2. The number of alkyl halides is 3. The predicted molar refractivity (Wildman–Crippen MR) is 158 cm³/mol. The quantitative estimate of drug-likeness (QED) is 0.173. The number of ether oxygens (including phenoxy) is 1. The molecule has 0 spiro atoms. The highest BCUT2D eigenvalue weighted by atomic mass is 19.4. The van der Waals surface area contributed by atoms with Crippen LogP contribution in [-0.2, 0) is 17.9 Å². The molecule has 2 aromatic carbocycles. The van der Waals surface area contributed by atoms with E-state index in [1.807, 2.05) is 19.9 Å². The van der Waals surface area contributed by atoms with E-state index in [0.717, 1.165) is 27.7 Å². The van der Waals surface area contributed by atoms with Gasteiger partial charge in [0.15, 0.2) is 0 Å². The van der Waals surface area contributed by atoms with Crippen LogP contribution in [-0.4, -0.2) is 27.9 Å². The van der Waals surface area contributed by atoms with E-state index in [-0.39, 0.29) is 29.3 Å². The molecule has 0 aliphatic heterocycles. The summed E-state index contributed by atoms with van der Waals surface area (Å²) in [5.41, 5.74) is 5.11. The molecular formula is C33H31F3N2O4. The van der Waals surface area contributed by atoms with Gasteiger partial charge in [0, 0.05) is 35.2 Å². The number of halogens is 3. The van der Waals surface area contributed by atoms with Crippen molar-refractivity contribution in [1.29, 1.82) is 0 Å². The molecule has 3 aromatic rings. The molecule has 42 heavy (non-hydrogen) atoms. The number of amides is 1. The number of carboxylic acids is 1. The van der Waals surface area contributed by atoms with Crippen LogP contribution in [0, 0.1) is 13.8 Å². The van der Waals surface area contributed by atoms with Crippen molar-refractivity contribution in [2.75, 3.05) is 0 Å². The number of allylic oxidation sites excluding steroid dienone is 6. The molecule has 0 radical (unpaired) electrons. The smallest absolute Gasteiger partial charge is 0.478 e. The molecule has 1 aromatic heterocycles. The predicted octanol–water partition coefficient (Wildman–Crippen LogP) is 7.51. The van der Waals surface area contributed by atoms with Gasteiger partial charge in [-0.1, -0.05) is 56.7 Å². The van der Waals surface area contributed by atoms with E-state index < -0.39 is 12.3 Å². The van der Waals surface area contributed by atoms with Crippen molar-refractivity contribution in [3.05, 3.63) is 138 Å². The molecule has 1 heterocycles. The minimum Gasteiger partial charge on any atom is -0.478 e. The third-order valence-corrected chi connectivity index (χ3v) is 6.60. The third kappa shape index (κ3) is 7.78. The molecule has 6 nitrogen and oxygen atoms in total. The summed E-state index contributed by atoms with van der Waals surface area (Å²) in [6, 6.07) is 10.7. The third-order valence-electron chi connectivity index (χ3n) is 6.60. The van der Waals surface area contributed by atoms with Gasteiger partial charge in [0.1, 0.15) is 5.75 Å². The van der Waals surface area contributed by atoms with Crippen LogP contribution < -0.4 is 10.1 Å². The molecule has 3 rings (SSSR count). The number of rotatable bonds is 12. The zero-order chi connectivity index (χ0) is 31.2. The van der Waals surface area contributed by atoms with Crippen molar-refractivity contribution in [3.8, 4) is 5.75 Å². The summed E-state index contributed by atoms with van der Waals surface area (Å²) in [7, 11) is 0. The van der Waals surface area contributed by atoms with Crippen LogP contribution in [0.1, 0.15) is 27.2 Å². The minimum atomic E-state index is -4.80. The monoisotopic (exact) mass is 576 g/mol. The summed E-state index contributed by atoms with van der Waals surface area (Å²) >= 11 is 0. The molecule has 0 atom stereocenters. The number of carboxylic acid groups (broad SMARTS) is 1. The zero-order valence-electron chi connectivity index (χ0n) is 23.3. The molecule has 0 aliphatic carbocycles. The molecule has 1 amide bonds. The first-order valence-corrected chi connectivity index (χ1v) is 12.7. The van der Waals surface area contributed by atoms with Gasteiger partial charge in [0.05, 0.1) is 5.57 Å². The lowest BCUT2D eigenvalue weighted by Gasteiger charge is -2.11. The standard InChI is InChI=1S/C33H31F3N2O4/c1-7-9-28(32(40)41)22(4)21(3)13-12-20(2)19-38-24(6)23(5)29-17-26(14-15-30(29)38)31(39)37-18-25-10-8-11-27(16-25)42-33(34,35)36/h7-17H,1-4,18-19H2,5-6H3,(H,37,39)(H,40,41)/b13-12-,28-9+. The zero-order valence-corrected chi connectivity index (χ0v) is 23.3. The number of hydrogen-bond donors (Lipinski definition) is 2. The number of fused-ring (bicyclic) bond motifs is 1. The van der Waals surface area contributed by atoms with Gasteiger partial charge in [-0.2, -0.15) is 0 Å². The Kier molecular flexibility index (Phi) is 9.80. The summed E-state index contributed by atoms with van der Waals surface area (Å²) in [6.45, 7) is 19.7. The van der Waals surface area contributed by atoms with Crippen LogP contribution in [0.3, 0.4) is 0 Å². The van der Waals surface area contributed by atoms with Crippen LogP contribution in [0.15, 0.2) is 115 Å². The van der Waals surface area contributed by atoms with Gasteiger partial charge in [-0.15, -0.1) is 13.2 Å². The fourth-order valence-corrected chi connectivity index (χ4v) is 4.30. The maximum atomic E-state index is 12.9. The second kappa shape index (κ2) is 13.1. The number of aliphatic carboxylic acids is 1. The van der Waals surface area contributed by atoms with Gasteiger partial charge in [-0.3, -0.25) is 4.79 Å². The normalized spacial score (nSPS) is 11.9. The van der Waals surface area contributed by atoms with Gasteiger partial charge in [-0.25, -0.2) is 4.79 Å². The Labute approximate surface area is 242 Å². The molecule has 9 heteroatoms. The van der Waals surface area contributed by atoms with Gasteiger partial charge in [-0.05, 0) is 78.1 Å². The van der Waals surface area contributed by atoms with E-state index in [0.29, 0.717) is 23.2 Å². The van der Waals surface area contributed by atoms with Crippen LogP contribution in [0.5, 0.6) is 5.75 Å². The van der Waals surface area contributed by atoms with E-state index in [4.69, 9.17) is 0 Å². The van der Waals surface area contributed by atoms with Crippen LogP contribution in [0.4, 0.5) is 13.2 Å². The number of nitrogens with zero attached hydrogens (tertiary/aromatic N) is 1. The number of aromatic nitrogens is 1. The summed E-state index contributed by atoms with van der Waals surface area (Å²) in [6.07, 6.45) is 1.34. The Morgan fingerprint density at radius 2 is 1.79 bits per heavy atom. The summed E-state index contributed by atoms with van der Waals surface area (Å²) in [5, 5.41) is 13.0. The second-order valence-corrected chi connectivity index (χ2v) is 9.52. The Hall–Kier alpha value is -5.05. The number of carbonyl (C=O) groups is 2. The van der Waals surface area contributed by atoms with Crippen LogP contribution >= 0.6 is 0 Å². The van der Waals surface area contributed by atoms with Crippen LogP contribution in [0.2, 0.25) is 0 Å². The molecule has 0 saturated carbocycles. The number of aryl methyl sites for hydroxylation is 1. The average Bonchev–Trinajstić information content (AvgIpc) is 3.16. The molecule has 2 N–H and O–H groups in total. The van der Waals surface area contributed by atoms with E-state index in [1.54, 1.807) is 30.4 Å². The first-order chi connectivity index (χ1) is 19.7. The van der Waals surface area contributed by atoms with Gasteiger partial charge < -0.3 is 19.7 Å². The Bertz CT molecular complexity index is 1660. The number of carbonyl (C=O) groups excluding carboxylic acids is 1. The number of hydrogen-bond acceptors (Lipinski definition) is 3. The number of nitrogens with one attached hydrogen (secondary N) is 1. The topological polar surface area (TPSA) is 80.6 Å². The highest BCUT2D eigenvalue weighted by Gasteiger charge is 2.31. The SMILES string of the molecule is C=C/C=C(\C(=C)C(=C)/C=C\C(=C)Cn1c(C)c(C)c2cc(C(=O)NCc3cccc(OC(F)(F)F)c3)ccc21)C(=O)O. The first-order valence-electron chi connectivity index (χ1n) is 12.7. The Morgan fingerprint density at radius 3 is 2.43 bits per heavy atom. The highest BCUT2D eigenvalue weighted by Crippen LogP contribution is 2.28. The van der Waals surface area contributed by atoms with E-state index in [1.165, 1.54) is 30.4 Å². The lowest BCUT2D eigenvalue weighted by molar-refractivity contribution is -0.274. The van der Waals surface area contributed by atoms with Crippen LogP contribution in [0.25, 0.3) is 10.9 Å². The van der Waals surface area contributed by atoms with Crippen molar-refractivity contribution in [1.82, 2.24) is 9.88 Å². The summed E-state index contributed by atoms with van der Waals surface area (Å²) < 4.78 is 43.5. The second-order valence-electron chi connectivity index (χ2n) is 9.52. The van der Waals surface area contributed by atoms with Crippen molar-refractivity contribution in [2.45, 2.75) is 33.3 Å². The average molecular weight is 577 g/mol. The molecule has 0 saturated heterocycles. The first kappa shape index (κ1) is 31.5. The Morgan fingerprint density at radius 1 is 1.07 bits per heavy atom. The van der Waals surface area contributed by atoms with Crippen molar-refractivity contribution >= 4 is 22.8 Å². The van der Waals surface area contributed by atoms with Gasteiger partial charge >= 0.3 is 12.3 Å². The molecule has 0 fully saturated rings. The lowest BCUT2D eigenvalue weighted by atomic mass is 9.99. The van der Waals surface area contributed by atoms with Crippen molar-refractivity contribution in [2.24, 2.45) is 0 Å². The maximum Gasteiger partial charge on any atom is 0.573 e.